The third-order valence-electron chi connectivity index (χ3n) is 11.4. The van der Waals surface area contributed by atoms with Gasteiger partial charge in [0.25, 0.3) is 0 Å². The van der Waals surface area contributed by atoms with E-state index in [0.29, 0.717) is 38.4 Å². The van der Waals surface area contributed by atoms with Gasteiger partial charge in [-0.05, 0) is 53.9 Å². The van der Waals surface area contributed by atoms with Gasteiger partial charge in [0.1, 0.15) is 12.1 Å². The lowest BCUT2D eigenvalue weighted by Crippen LogP contribution is -2.58. The first kappa shape index (κ1) is 46.7. The third kappa shape index (κ3) is 12.4. The second-order valence-corrected chi connectivity index (χ2v) is 18.5. The van der Waals surface area contributed by atoms with Crippen molar-refractivity contribution < 1.29 is 29.4 Å². The number of urea groups is 1. The Hall–Kier alpha value is -5.34. The predicted molar refractivity (Wildman–Crippen MR) is 239 cm³/mol. The number of thiazole rings is 1. The van der Waals surface area contributed by atoms with Gasteiger partial charge in [0.05, 0.1) is 35.1 Å². The number of aromatic nitrogens is 2. The van der Waals surface area contributed by atoms with Crippen molar-refractivity contribution in [3.8, 4) is 11.3 Å². The minimum atomic E-state index is -1.25. The Bertz CT molecular complexity index is 2060. The van der Waals surface area contributed by atoms with Gasteiger partial charge in [0.2, 0.25) is 11.8 Å². The number of benzene rings is 2. The fourth-order valence-corrected chi connectivity index (χ4v) is 8.86. The molecule has 1 fully saturated rings. The van der Waals surface area contributed by atoms with Gasteiger partial charge in [-0.2, -0.15) is 0 Å². The van der Waals surface area contributed by atoms with Gasteiger partial charge in [-0.25, -0.2) is 14.6 Å². The second-order valence-electron chi connectivity index (χ2n) is 17.7. The largest absolute Gasteiger partial charge is 0.465 e. The number of likely N-dealkylation sites (N-methyl/N-ethyl adjacent to an activating group) is 1. The number of aliphatic hydroxyl groups is 1. The zero-order valence-electron chi connectivity index (χ0n) is 36.7. The van der Waals surface area contributed by atoms with E-state index in [-0.39, 0.29) is 30.7 Å². The molecule has 0 aliphatic carbocycles. The van der Waals surface area contributed by atoms with Crippen LogP contribution >= 0.6 is 11.3 Å². The summed E-state index contributed by atoms with van der Waals surface area (Å²) < 4.78 is 0. The lowest BCUT2D eigenvalue weighted by atomic mass is 9.84. The van der Waals surface area contributed by atoms with Crippen molar-refractivity contribution in [3.63, 3.8) is 0 Å². The molecule has 0 saturated carbocycles. The first-order chi connectivity index (χ1) is 29.0. The molecule has 0 bridgehead atoms. The molecule has 2 aromatic heterocycles. The molecule has 6 atom stereocenters. The highest BCUT2D eigenvalue weighted by molar-refractivity contribution is 7.09. The van der Waals surface area contributed by atoms with Crippen LogP contribution in [0.1, 0.15) is 89.1 Å². The van der Waals surface area contributed by atoms with E-state index in [1.165, 1.54) is 7.05 Å². The topological polar surface area (TPSA) is 168 Å². The molecule has 1 unspecified atom stereocenters. The molecule has 61 heavy (non-hydrogen) atoms. The van der Waals surface area contributed by atoms with Gasteiger partial charge >= 0.3 is 12.1 Å². The minimum absolute atomic E-state index is 0.0574. The number of carboxylic acid groups (broad SMARTS) is 1. The molecule has 4 aromatic rings. The monoisotopic (exact) mass is 853 g/mol. The molecule has 328 valence electrons. The summed E-state index contributed by atoms with van der Waals surface area (Å²) in [6.07, 6.45) is 0.618. The standard InChI is InChI=1S/C47H63N7O6S/c1-9-31(4)40(54-24-23-53(45(54)58)28-36-29-61-44(50-36)30(2)3)42(56)49-35(25-32-15-11-10-12-16-32)27-39(55)38(51-43(57)41(47(5,6)7)52(8)46(59)60)26-33-18-20-34(21-19-33)37-17-13-14-22-48-37/h10-22,29-31,35,38-41,55H,9,23-28H2,1-8H3,(H,49,56)(H,51,57)(H,59,60)/t31?,35-,38-,39-,40-,41+/m0/s1. The van der Waals surface area contributed by atoms with Gasteiger partial charge in [-0.15, -0.1) is 11.3 Å². The van der Waals surface area contributed by atoms with Gasteiger partial charge in [-0.3, -0.25) is 19.5 Å². The summed E-state index contributed by atoms with van der Waals surface area (Å²) in [6.45, 7) is 14.8. The van der Waals surface area contributed by atoms with Crippen LogP contribution in [0.3, 0.4) is 0 Å². The molecule has 1 aliphatic rings. The Morgan fingerprint density at radius 3 is 2.16 bits per heavy atom. The zero-order chi connectivity index (χ0) is 44.4. The van der Waals surface area contributed by atoms with Crippen molar-refractivity contribution in [2.75, 3.05) is 20.1 Å². The Balaban J connectivity index is 1.41. The van der Waals surface area contributed by atoms with Gasteiger partial charge in [0, 0.05) is 49.2 Å². The maximum Gasteiger partial charge on any atom is 0.407 e. The van der Waals surface area contributed by atoms with E-state index in [0.717, 1.165) is 38.0 Å². The molecule has 0 spiro atoms. The molecular formula is C47H63N7O6S. The number of carbonyl (C=O) groups excluding carboxylic acids is 3. The summed E-state index contributed by atoms with van der Waals surface area (Å²) in [5, 5.41) is 31.4. The van der Waals surface area contributed by atoms with Crippen molar-refractivity contribution in [1.82, 2.24) is 35.3 Å². The van der Waals surface area contributed by atoms with Crippen LogP contribution in [0, 0.1) is 11.3 Å². The van der Waals surface area contributed by atoms with Gasteiger partial charge < -0.3 is 30.6 Å². The van der Waals surface area contributed by atoms with E-state index in [9.17, 15) is 29.4 Å². The summed E-state index contributed by atoms with van der Waals surface area (Å²) in [6, 6.07) is 19.6. The molecule has 13 nitrogen and oxygen atoms in total. The SMILES string of the molecule is CCC(C)[C@@H](C(=O)N[C@@H](Cc1ccccc1)C[C@H](O)[C@H](Cc1ccc(-c2ccccn2)cc1)NC(=O)[C@@H](N(C)C(=O)O)C(C)(C)C)N1CCN(Cc2csc(C(C)C)n2)C1=O. The van der Waals surface area contributed by atoms with E-state index >= 15 is 0 Å². The smallest absolute Gasteiger partial charge is 0.407 e. The number of nitrogens with one attached hydrogen (secondary N) is 2. The number of pyridine rings is 1. The van der Waals surface area contributed by atoms with Crippen LogP contribution in [-0.2, 0) is 29.0 Å². The maximum atomic E-state index is 14.6. The van der Waals surface area contributed by atoms with E-state index in [2.05, 4.69) is 29.5 Å². The highest BCUT2D eigenvalue weighted by Crippen LogP contribution is 2.27. The average molecular weight is 854 g/mol. The number of nitrogens with zero attached hydrogens (tertiary/aromatic N) is 5. The van der Waals surface area contributed by atoms with Crippen molar-refractivity contribution in [1.29, 1.82) is 0 Å². The number of carbonyl (C=O) groups is 4. The van der Waals surface area contributed by atoms with Gasteiger partial charge in [0.15, 0.2) is 0 Å². The quantitative estimate of drug-likeness (QED) is 0.0768. The van der Waals surface area contributed by atoms with Crippen LogP contribution in [0.15, 0.2) is 84.4 Å². The van der Waals surface area contributed by atoms with Crippen LogP contribution in [0.5, 0.6) is 0 Å². The number of hydrogen-bond donors (Lipinski definition) is 4. The fraction of sp³-hybridized carbons (Fsp3) is 0.489. The molecular weight excluding hydrogens is 791 g/mol. The van der Waals surface area contributed by atoms with E-state index < -0.39 is 47.7 Å². The van der Waals surface area contributed by atoms with Crippen LogP contribution in [0.4, 0.5) is 9.59 Å². The molecule has 14 heteroatoms. The average Bonchev–Trinajstić information content (AvgIpc) is 3.84. The fourth-order valence-electron chi connectivity index (χ4n) is 8.03. The Morgan fingerprint density at radius 2 is 1.57 bits per heavy atom. The van der Waals surface area contributed by atoms with E-state index in [1.807, 2.05) is 92.0 Å². The third-order valence-corrected chi connectivity index (χ3v) is 12.6. The van der Waals surface area contributed by atoms with Crippen LogP contribution in [-0.4, -0.2) is 109 Å². The molecule has 5 amide bonds. The summed E-state index contributed by atoms with van der Waals surface area (Å²) in [4.78, 5) is 68.4. The summed E-state index contributed by atoms with van der Waals surface area (Å²) in [5.41, 5.74) is 3.55. The number of aliphatic hydroxyl groups excluding tert-OH is 1. The molecule has 2 aromatic carbocycles. The first-order valence-corrected chi connectivity index (χ1v) is 22.1. The van der Waals surface area contributed by atoms with E-state index in [4.69, 9.17) is 4.98 Å². The lowest BCUT2D eigenvalue weighted by Gasteiger charge is -2.37. The van der Waals surface area contributed by atoms with Crippen molar-refractivity contribution in [2.24, 2.45) is 11.3 Å². The van der Waals surface area contributed by atoms with Crippen LogP contribution in [0.25, 0.3) is 11.3 Å². The number of hydrogen-bond acceptors (Lipinski definition) is 8. The minimum Gasteiger partial charge on any atom is -0.465 e. The lowest BCUT2D eigenvalue weighted by molar-refractivity contribution is -0.131. The van der Waals surface area contributed by atoms with Crippen LogP contribution < -0.4 is 10.6 Å². The zero-order valence-corrected chi connectivity index (χ0v) is 37.6. The highest BCUT2D eigenvalue weighted by Gasteiger charge is 2.42. The molecule has 4 N–H and O–H groups in total. The van der Waals surface area contributed by atoms with Crippen molar-refractivity contribution in [2.45, 2.75) is 117 Å². The summed E-state index contributed by atoms with van der Waals surface area (Å²) >= 11 is 1.59. The van der Waals surface area contributed by atoms with Gasteiger partial charge in [-0.1, -0.05) is 116 Å². The second kappa shape index (κ2) is 21.0. The Kier molecular flexibility index (Phi) is 16.1. The highest BCUT2D eigenvalue weighted by atomic mass is 32.1. The van der Waals surface area contributed by atoms with Crippen molar-refractivity contribution in [3.05, 3.63) is 106 Å². The predicted octanol–water partition coefficient (Wildman–Crippen LogP) is 7.21. The van der Waals surface area contributed by atoms with E-state index in [1.54, 1.807) is 48.1 Å². The number of amides is 5. The molecule has 5 rings (SSSR count). The summed E-state index contributed by atoms with van der Waals surface area (Å²) in [5.74, 6) is -0.725. The maximum absolute atomic E-state index is 14.6. The Labute approximate surface area is 364 Å². The Morgan fingerprint density at radius 1 is 0.902 bits per heavy atom. The molecule has 1 saturated heterocycles. The van der Waals surface area contributed by atoms with Crippen LogP contribution in [0.2, 0.25) is 0 Å². The summed E-state index contributed by atoms with van der Waals surface area (Å²) in [7, 11) is 1.37. The molecule has 0 radical (unpaired) electrons. The van der Waals surface area contributed by atoms with Crippen molar-refractivity contribution >= 4 is 35.3 Å². The molecule has 1 aliphatic heterocycles. The number of rotatable bonds is 19. The normalized spacial score (nSPS) is 16.1. The molecule has 3 heterocycles. The first-order valence-electron chi connectivity index (χ1n) is 21.2.